The summed E-state index contributed by atoms with van der Waals surface area (Å²) >= 11 is 0. The monoisotopic (exact) mass is 113 g/mol. The van der Waals surface area contributed by atoms with E-state index in [-0.39, 0.29) is 6.04 Å². The summed E-state index contributed by atoms with van der Waals surface area (Å²) in [5.74, 6) is 2.35. The van der Waals surface area contributed by atoms with Gasteiger partial charge in [0.05, 0.1) is 6.61 Å². The Morgan fingerprint density at radius 3 is 2.88 bits per heavy atom. The summed E-state index contributed by atoms with van der Waals surface area (Å²) in [7, 11) is 0. The van der Waals surface area contributed by atoms with Crippen LogP contribution >= 0.6 is 0 Å². The summed E-state index contributed by atoms with van der Waals surface area (Å²) in [6.07, 6.45) is 4.90. The van der Waals surface area contributed by atoms with E-state index in [1.54, 1.807) is 0 Å². The van der Waals surface area contributed by atoms with E-state index in [1.807, 2.05) is 6.92 Å². The van der Waals surface area contributed by atoms with E-state index >= 15 is 0 Å². The molecule has 2 N–H and O–H groups in total. The largest absolute Gasteiger partial charge is 0.367 e. The molecule has 0 spiro atoms. The quantitative estimate of drug-likeness (QED) is 0.412. The number of ether oxygens (including phenoxy) is 1. The van der Waals surface area contributed by atoms with Crippen LogP contribution in [0.25, 0.3) is 0 Å². The number of nitrogens with two attached hydrogens (primary N) is 1. The lowest BCUT2D eigenvalue weighted by Crippen LogP contribution is -2.21. The molecule has 0 aliphatic carbocycles. The van der Waals surface area contributed by atoms with Gasteiger partial charge in [-0.3, -0.25) is 0 Å². The molecule has 2 heteroatoms. The van der Waals surface area contributed by atoms with Crippen molar-refractivity contribution in [1.82, 2.24) is 0 Å². The smallest absolute Gasteiger partial charge is 0.107 e. The van der Waals surface area contributed by atoms with Crippen LogP contribution in [-0.2, 0) is 4.74 Å². The van der Waals surface area contributed by atoms with Gasteiger partial charge in [-0.15, -0.1) is 6.42 Å². The Kier molecular flexibility index (Phi) is 4.33. The van der Waals surface area contributed by atoms with Crippen LogP contribution in [0.3, 0.4) is 0 Å². The fourth-order valence-electron chi connectivity index (χ4n) is 0.304. The predicted molar refractivity (Wildman–Crippen MR) is 33.3 cm³/mol. The van der Waals surface area contributed by atoms with Crippen molar-refractivity contribution in [3.8, 4) is 12.3 Å². The fourth-order valence-corrected chi connectivity index (χ4v) is 0.304. The SMILES string of the molecule is C#CCOC[C@H](C)N. The summed E-state index contributed by atoms with van der Waals surface area (Å²) in [5, 5.41) is 0. The van der Waals surface area contributed by atoms with E-state index in [9.17, 15) is 0 Å². The first-order valence-electron chi connectivity index (χ1n) is 2.54. The molecule has 8 heavy (non-hydrogen) atoms. The highest BCUT2D eigenvalue weighted by molar-refractivity contribution is 4.82. The third-order valence-electron chi connectivity index (χ3n) is 0.566. The third kappa shape index (κ3) is 5.48. The van der Waals surface area contributed by atoms with Gasteiger partial charge < -0.3 is 10.5 Å². The second kappa shape index (κ2) is 4.63. The van der Waals surface area contributed by atoms with Crippen LogP contribution in [-0.4, -0.2) is 19.3 Å². The Hall–Kier alpha value is -0.520. The van der Waals surface area contributed by atoms with Crippen molar-refractivity contribution >= 4 is 0 Å². The minimum absolute atomic E-state index is 0.0864. The molecule has 0 fully saturated rings. The highest BCUT2D eigenvalue weighted by Crippen LogP contribution is 1.76. The summed E-state index contributed by atoms with van der Waals surface area (Å²) in [4.78, 5) is 0. The van der Waals surface area contributed by atoms with Gasteiger partial charge in [-0.1, -0.05) is 5.92 Å². The Bertz CT molecular complexity index is 83.0. The highest BCUT2D eigenvalue weighted by atomic mass is 16.5. The van der Waals surface area contributed by atoms with Gasteiger partial charge in [0, 0.05) is 6.04 Å². The van der Waals surface area contributed by atoms with Crippen LogP contribution < -0.4 is 5.73 Å². The molecular formula is C6H11NO. The molecule has 0 aromatic carbocycles. The van der Waals surface area contributed by atoms with Crippen LogP contribution in [0.5, 0.6) is 0 Å². The standard InChI is InChI=1S/C6H11NO/c1-3-4-8-5-6(2)7/h1,6H,4-5,7H2,2H3/t6-/m0/s1. The van der Waals surface area contributed by atoms with E-state index in [2.05, 4.69) is 5.92 Å². The van der Waals surface area contributed by atoms with Gasteiger partial charge in [0.1, 0.15) is 6.61 Å². The van der Waals surface area contributed by atoms with Crippen LogP contribution in [0.1, 0.15) is 6.92 Å². The first-order chi connectivity index (χ1) is 3.77. The van der Waals surface area contributed by atoms with Gasteiger partial charge in [0.2, 0.25) is 0 Å². The zero-order chi connectivity index (χ0) is 6.41. The first-order valence-corrected chi connectivity index (χ1v) is 2.54. The number of hydrogen-bond donors (Lipinski definition) is 1. The molecule has 46 valence electrons. The second-order valence-corrected chi connectivity index (χ2v) is 1.70. The molecule has 0 aromatic rings. The molecule has 0 rings (SSSR count). The molecule has 2 nitrogen and oxygen atoms in total. The summed E-state index contributed by atoms with van der Waals surface area (Å²) < 4.78 is 4.88. The molecule has 0 bridgehead atoms. The van der Waals surface area contributed by atoms with E-state index in [1.165, 1.54) is 0 Å². The van der Waals surface area contributed by atoms with Gasteiger partial charge in [-0.2, -0.15) is 0 Å². The van der Waals surface area contributed by atoms with Gasteiger partial charge in [-0.05, 0) is 6.92 Å². The van der Waals surface area contributed by atoms with Crippen molar-refractivity contribution in [1.29, 1.82) is 0 Å². The average molecular weight is 113 g/mol. The van der Waals surface area contributed by atoms with Crippen molar-refractivity contribution in [3.63, 3.8) is 0 Å². The molecule has 0 aliphatic heterocycles. The lowest BCUT2D eigenvalue weighted by atomic mass is 10.4. The molecule has 0 saturated heterocycles. The van der Waals surface area contributed by atoms with Crippen molar-refractivity contribution in [2.45, 2.75) is 13.0 Å². The van der Waals surface area contributed by atoms with E-state index in [4.69, 9.17) is 16.9 Å². The van der Waals surface area contributed by atoms with Crippen molar-refractivity contribution in [3.05, 3.63) is 0 Å². The minimum atomic E-state index is 0.0864. The molecule has 1 atom stereocenters. The maximum atomic E-state index is 5.34. The number of terminal acetylenes is 1. The molecule has 0 amide bonds. The highest BCUT2D eigenvalue weighted by Gasteiger charge is 1.89. The maximum Gasteiger partial charge on any atom is 0.107 e. The first kappa shape index (κ1) is 7.48. The van der Waals surface area contributed by atoms with Crippen LogP contribution in [0.2, 0.25) is 0 Å². The zero-order valence-corrected chi connectivity index (χ0v) is 5.05. The van der Waals surface area contributed by atoms with Gasteiger partial charge in [-0.25, -0.2) is 0 Å². The molecule has 0 heterocycles. The minimum Gasteiger partial charge on any atom is -0.367 e. The van der Waals surface area contributed by atoms with E-state index in [0.717, 1.165) is 0 Å². The Balaban J connectivity index is 2.85. The van der Waals surface area contributed by atoms with E-state index in [0.29, 0.717) is 13.2 Å². The van der Waals surface area contributed by atoms with Crippen molar-refractivity contribution in [2.75, 3.05) is 13.2 Å². The molecular weight excluding hydrogens is 102 g/mol. The Labute approximate surface area is 50.0 Å². The molecule has 0 saturated carbocycles. The zero-order valence-electron chi connectivity index (χ0n) is 5.05. The third-order valence-corrected chi connectivity index (χ3v) is 0.566. The van der Waals surface area contributed by atoms with Crippen molar-refractivity contribution < 1.29 is 4.74 Å². The van der Waals surface area contributed by atoms with E-state index < -0.39 is 0 Å². The summed E-state index contributed by atoms with van der Waals surface area (Å²) in [5.41, 5.74) is 5.34. The topological polar surface area (TPSA) is 35.2 Å². The van der Waals surface area contributed by atoms with Gasteiger partial charge >= 0.3 is 0 Å². The summed E-state index contributed by atoms with van der Waals surface area (Å²) in [6, 6.07) is 0.0864. The predicted octanol–water partition coefficient (Wildman–Crippen LogP) is -0.0166. The molecule has 0 aliphatic rings. The number of hydrogen-bond acceptors (Lipinski definition) is 2. The lowest BCUT2D eigenvalue weighted by molar-refractivity contribution is 0.156. The Morgan fingerprint density at radius 1 is 1.88 bits per heavy atom. The maximum absolute atomic E-state index is 5.34. The average Bonchev–Trinajstić information content (AvgIpc) is 1.66. The molecule has 0 aromatic heterocycles. The fraction of sp³-hybridized carbons (Fsp3) is 0.667. The molecule has 0 unspecified atom stereocenters. The van der Waals surface area contributed by atoms with Crippen LogP contribution in [0.4, 0.5) is 0 Å². The Morgan fingerprint density at radius 2 is 2.50 bits per heavy atom. The van der Waals surface area contributed by atoms with Crippen LogP contribution in [0, 0.1) is 12.3 Å². The lowest BCUT2D eigenvalue weighted by Gasteiger charge is -2.01. The van der Waals surface area contributed by atoms with Crippen molar-refractivity contribution in [2.24, 2.45) is 5.73 Å². The number of rotatable bonds is 3. The van der Waals surface area contributed by atoms with Crippen LogP contribution in [0.15, 0.2) is 0 Å². The van der Waals surface area contributed by atoms with Gasteiger partial charge in [0.25, 0.3) is 0 Å². The van der Waals surface area contributed by atoms with Gasteiger partial charge in [0.15, 0.2) is 0 Å². The second-order valence-electron chi connectivity index (χ2n) is 1.70. The summed E-state index contributed by atoms with van der Waals surface area (Å²) in [6.45, 7) is 2.78. The normalized spacial score (nSPS) is 12.6. The molecule has 0 radical (unpaired) electrons.